The molecule has 1 N–H and O–H groups in total. The van der Waals surface area contributed by atoms with E-state index in [2.05, 4.69) is 34.6 Å². The van der Waals surface area contributed by atoms with Crippen LogP contribution in [0.15, 0.2) is 59.1 Å². The van der Waals surface area contributed by atoms with Gasteiger partial charge in [0.1, 0.15) is 5.76 Å². The Morgan fingerprint density at radius 1 is 1.00 bits per heavy atom. The van der Waals surface area contributed by atoms with Crippen molar-refractivity contribution >= 4 is 6.01 Å². The largest absolute Gasteiger partial charge is 0.454 e. The van der Waals surface area contributed by atoms with Crippen LogP contribution < -0.4 is 14.8 Å². The standard InChI is InChI=1S/C20H18N2O3/c1-2-4-14(5-3-1)10-16-12-21-19(25-16)22-20(8-9-20)15-6-7-17-18(11-15)24-13-23-17/h1-7,11-12H,8-10,13H2,(H,21,22). The highest BCUT2D eigenvalue weighted by Gasteiger charge is 2.46. The molecule has 5 rings (SSSR count). The number of rotatable bonds is 5. The van der Waals surface area contributed by atoms with Gasteiger partial charge in [0.05, 0.1) is 11.7 Å². The first-order chi connectivity index (χ1) is 12.3. The second-order valence-electron chi connectivity index (χ2n) is 6.57. The van der Waals surface area contributed by atoms with E-state index in [0.717, 1.165) is 36.5 Å². The third-order valence-corrected chi connectivity index (χ3v) is 4.80. The van der Waals surface area contributed by atoms with Crippen LogP contribution in [0.2, 0.25) is 0 Å². The molecule has 3 aromatic rings. The van der Waals surface area contributed by atoms with Gasteiger partial charge < -0.3 is 19.2 Å². The van der Waals surface area contributed by atoms with Gasteiger partial charge in [-0.15, -0.1) is 0 Å². The second kappa shape index (κ2) is 5.55. The van der Waals surface area contributed by atoms with Crippen LogP contribution in [0.4, 0.5) is 6.01 Å². The van der Waals surface area contributed by atoms with Gasteiger partial charge in [0.2, 0.25) is 6.79 Å². The molecule has 0 bridgehead atoms. The van der Waals surface area contributed by atoms with Gasteiger partial charge in [-0.25, -0.2) is 4.98 Å². The molecule has 1 fully saturated rings. The molecule has 0 unspecified atom stereocenters. The predicted octanol–water partition coefficient (Wildman–Crippen LogP) is 4.10. The summed E-state index contributed by atoms with van der Waals surface area (Å²) in [6.07, 6.45) is 4.63. The third-order valence-electron chi connectivity index (χ3n) is 4.80. The molecule has 0 atom stereocenters. The maximum Gasteiger partial charge on any atom is 0.295 e. The lowest BCUT2D eigenvalue weighted by molar-refractivity contribution is 0.174. The third kappa shape index (κ3) is 2.71. The summed E-state index contributed by atoms with van der Waals surface area (Å²) in [7, 11) is 0. The molecular weight excluding hydrogens is 316 g/mol. The summed E-state index contributed by atoms with van der Waals surface area (Å²) in [5.41, 5.74) is 2.28. The van der Waals surface area contributed by atoms with Crippen molar-refractivity contribution < 1.29 is 13.9 Å². The molecule has 1 aliphatic carbocycles. The topological polar surface area (TPSA) is 56.5 Å². The number of benzene rings is 2. The smallest absolute Gasteiger partial charge is 0.295 e. The molecule has 2 aromatic carbocycles. The number of anilines is 1. The number of oxazole rings is 1. The van der Waals surface area contributed by atoms with Gasteiger partial charge in [0.25, 0.3) is 6.01 Å². The molecular formula is C20H18N2O3. The maximum atomic E-state index is 5.90. The molecule has 2 heterocycles. The van der Waals surface area contributed by atoms with Gasteiger partial charge >= 0.3 is 0 Å². The van der Waals surface area contributed by atoms with Gasteiger partial charge in [0.15, 0.2) is 11.5 Å². The Bertz CT molecular complexity index is 900. The van der Waals surface area contributed by atoms with Crippen molar-refractivity contribution in [3.63, 3.8) is 0 Å². The Labute approximate surface area is 145 Å². The zero-order chi connectivity index (χ0) is 16.7. The number of hydrogen-bond donors (Lipinski definition) is 1. The van der Waals surface area contributed by atoms with Crippen LogP contribution in [0.1, 0.15) is 29.7 Å². The first-order valence-electron chi connectivity index (χ1n) is 8.48. The summed E-state index contributed by atoms with van der Waals surface area (Å²) in [6, 6.07) is 16.9. The number of fused-ring (bicyclic) bond motifs is 1. The number of nitrogens with one attached hydrogen (secondary N) is 1. The normalized spacial score (nSPS) is 16.6. The van der Waals surface area contributed by atoms with E-state index in [-0.39, 0.29) is 5.54 Å². The Morgan fingerprint density at radius 2 is 1.84 bits per heavy atom. The van der Waals surface area contributed by atoms with E-state index in [1.54, 1.807) is 6.20 Å². The molecule has 1 aliphatic heterocycles. The molecule has 25 heavy (non-hydrogen) atoms. The summed E-state index contributed by atoms with van der Waals surface area (Å²) >= 11 is 0. The number of aromatic nitrogens is 1. The van der Waals surface area contributed by atoms with Crippen LogP contribution >= 0.6 is 0 Å². The lowest BCUT2D eigenvalue weighted by Gasteiger charge is -2.16. The first-order valence-corrected chi connectivity index (χ1v) is 8.48. The molecule has 0 saturated heterocycles. The van der Waals surface area contributed by atoms with Crippen LogP contribution in [-0.2, 0) is 12.0 Å². The van der Waals surface area contributed by atoms with Crippen molar-refractivity contribution in [2.24, 2.45) is 0 Å². The predicted molar refractivity (Wildman–Crippen MR) is 92.9 cm³/mol. The van der Waals surface area contributed by atoms with Gasteiger partial charge in [0, 0.05) is 6.42 Å². The van der Waals surface area contributed by atoms with Gasteiger partial charge in [-0.3, -0.25) is 0 Å². The minimum atomic E-state index is -0.115. The summed E-state index contributed by atoms with van der Waals surface area (Å²) in [5.74, 6) is 2.47. The average Bonchev–Trinajstić information content (AvgIpc) is 3.05. The van der Waals surface area contributed by atoms with Crippen molar-refractivity contribution in [2.75, 3.05) is 12.1 Å². The van der Waals surface area contributed by atoms with Gasteiger partial charge in [-0.2, -0.15) is 0 Å². The molecule has 0 radical (unpaired) electrons. The Kier molecular flexibility index (Phi) is 3.20. The quantitative estimate of drug-likeness (QED) is 0.761. The van der Waals surface area contributed by atoms with Crippen molar-refractivity contribution in [1.29, 1.82) is 0 Å². The fourth-order valence-electron chi connectivity index (χ4n) is 3.25. The zero-order valence-electron chi connectivity index (χ0n) is 13.7. The highest BCUT2D eigenvalue weighted by molar-refractivity contribution is 5.50. The Morgan fingerprint density at radius 3 is 2.68 bits per heavy atom. The first kappa shape index (κ1) is 14.4. The summed E-state index contributed by atoms with van der Waals surface area (Å²) in [4.78, 5) is 4.40. The van der Waals surface area contributed by atoms with Crippen LogP contribution in [0.3, 0.4) is 0 Å². The number of ether oxygens (including phenoxy) is 2. The van der Waals surface area contributed by atoms with E-state index >= 15 is 0 Å². The van der Waals surface area contributed by atoms with E-state index < -0.39 is 0 Å². The second-order valence-corrected chi connectivity index (χ2v) is 6.57. The van der Waals surface area contributed by atoms with Crippen LogP contribution in [-0.4, -0.2) is 11.8 Å². The molecule has 0 amide bonds. The van der Waals surface area contributed by atoms with Crippen LogP contribution in [0, 0.1) is 0 Å². The SMILES string of the molecule is c1ccc(Cc2cnc(NC3(c4ccc5c(c4)OCO5)CC3)o2)cc1. The Balaban J connectivity index is 1.33. The lowest BCUT2D eigenvalue weighted by atomic mass is 10.0. The minimum Gasteiger partial charge on any atom is -0.454 e. The molecule has 5 heteroatoms. The van der Waals surface area contributed by atoms with Crippen molar-refractivity contribution in [3.05, 3.63) is 71.6 Å². The molecule has 0 spiro atoms. The van der Waals surface area contributed by atoms with Crippen LogP contribution in [0.5, 0.6) is 11.5 Å². The molecule has 1 saturated carbocycles. The highest BCUT2D eigenvalue weighted by Crippen LogP contribution is 2.50. The van der Waals surface area contributed by atoms with E-state index in [9.17, 15) is 0 Å². The maximum absolute atomic E-state index is 5.90. The van der Waals surface area contributed by atoms with Gasteiger partial charge in [-0.05, 0) is 36.1 Å². The van der Waals surface area contributed by atoms with Crippen molar-refractivity contribution in [3.8, 4) is 11.5 Å². The lowest BCUT2D eigenvalue weighted by Crippen LogP contribution is -2.18. The minimum absolute atomic E-state index is 0.115. The highest BCUT2D eigenvalue weighted by atomic mass is 16.7. The van der Waals surface area contributed by atoms with Crippen molar-refractivity contribution in [2.45, 2.75) is 24.8 Å². The van der Waals surface area contributed by atoms with Crippen molar-refractivity contribution in [1.82, 2.24) is 4.98 Å². The van der Waals surface area contributed by atoms with Crippen LogP contribution in [0.25, 0.3) is 0 Å². The van der Waals surface area contributed by atoms with E-state index in [0.29, 0.717) is 12.8 Å². The molecule has 126 valence electrons. The molecule has 5 nitrogen and oxygen atoms in total. The average molecular weight is 334 g/mol. The number of nitrogens with zero attached hydrogens (tertiary/aromatic N) is 1. The van der Waals surface area contributed by atoms with Gasteiger partial charge in [-0.1, -0.05) is 36.4 Å². The summed E-state index contributed by atoms with van der Waals surface area (Å²) < 4.78 is 16.8. The molecule has 1 aromatic heterocycles. The number of hydrogen-bond acceptors (Lipinski definition) is 5. The fourth-order valence-corrected chi connectivity index (χ4v) is 3.25. The summed E-state index contributed by atoms with van der Waals surface area (Å²) in [6.45, 7) is 0.293. The fraction of sp³-hybridized carbons (Fsp3) is 0.250. The monoisotopic (exact) mass is 334 g/mol. The van der Waals surface area contributed by atoms with E-state index in [1.165, 1.54) is 11.1 Å². The van der Waals surface area contributed by atoms with E-state index in [4.69, 9.17) is 13.9 Å². The summed E-state index contributed by atoms with van der Waals surface area (Å²) in [5, 5.41) is 3.47. The molecule has 2 aliphatic rings. The van der Waals surface area contributed by atoms with E-state index in [1.807, 2.05) is 24.3 Å². The zero-order valence-corrected chi connectivity index (χ0v) is 13.7. The Hall–Kier alpha value is -2.95.